The van der Waals surface area contributed by atoms with E-state index < -0.39 is 33.6 Å². The standard InChI is InChI=1S/C27H22F2N2O3S/c28-21-10-6-18(7-11-21)26(19-8-12-22(29)13-9-19)24-17-23(32)14-16-31(24)35(33,34)25-5-1-3-20-4-2-15-30-27(20)25/h1-13,15,24,26H,14,16-17H2. The van der Waals surface area contributed by atoms with Crippen LogP contribution in [0.1, 0.15) is 29.9 Å². The zero-order chi connectivity index (χ0) is 24.6. The van der Waals surface area contributed by atoms with Crippen LogP contribution in [0.25, 0.3) is 10.9 Å². The van der Waals surface area contributed by atoms with Crippen molar-refractivity contribution < 1.29 is 22.0 Å². The number of hydrogen-bond acceptors (Lipinski definition) is 4. The number of hydrogen-bond donors (Lipinski definition) is 0. The van der Waals surface area contributed by atoms with Crippen LogP contribution in [-0.2, 0) is 14.8 Å². The van der Waals surface area contributed by atoms with Gasteiger partial charge in [0.15, 0.2) is 0 Å². The molecule has 1 atom stereocenters. The van der Waals surface area contributed by atoms with Crippen molar-refractivity contribution in [1.82, 2.24) is 9.29 Å². The average Bonchev–Trinajstić information content (AvgIpc) is 2.86. The van der Waals surface area contributed by atoms with Gasteiger partial charge in [-0.2, -0.15) is 4.31 Å². The molecule has 3 aromatic carbocycles. The topological polar surface area (TPSA) is 67.3 Å². The lowest BCUT2D eigenvalue weighted by Crippen LogP contribution is -2.49. The summed E-state index contributed by atoms with van der Waals surface area (Å²) in [6.45, 7) is 0.00788. The van der Waals surface area contributed by atoms with Crippen LogP contribution in [0.2, 0.25) is 0 Å². The number of carbonyl (C=O) groups excluding carboxylic acids is 1. The molecule has 35 heavy (non-hydrogen) atoms. The van der Waals surface area contributed by atoms with Gasteiger partial charge in [-0.25, -0.2) is 17.2 Å². The molecule has 0 spiro atoms. The van der Waals surface area contributed by atoms with Crippen LogP contribution in [0.5, 0.6) is 0 Å². The molecule has 1 saturated heterocycles. The van der Waals surface area contributed by atoms with Gasteiger partial charge in [0.05, 0.1) is 5.52 Å². The number of carbonyl (C=O) groups is 1. The van der Waals surface area contributed by atoms with Crippen LogP contribution in [0.4, 0.5) is 8.78 Å². The summed E-state index contributed by atoms with van der Waals surface area (Å²) in [7, 11) is -4.07. The largest absolute Gasteiger partial charge is 0.300 e. The maximum Gasteiger partial charge on any atom is 0.245 e. The Labute approximate surface area is 202 Å². The van der Waals surface area contributed by atoms with Crippen molar-refractivity contribution in [1.29, 1.82) is 0 Å². The Morgan fingerprint density at radius 2 is 1.46 bits per heavy atom. The molecule has 1 aliphatic heterocycles. The molecule has 0 saturated carbocycles. The van der Waals surface area contributed by atoms with Gasteiger partial charge >= 0.3 is 0 Å². The molecule has 0 radical (unpaired) electrons. The quantitative estimate of drug-likeness (QED) is 0.390. The van der Waals surface area contributed by atoms with Crippen molar-refractivity contribution in [2.45, 2.75) is 29.7 Å². The summed E-state index contributed by atoms with van der Waals surface area (Å²) in [6.07, 6.45) is 1.61. The fraction of sp³-hybridized carbons (Fsp3) is 0.185. The zero-order valence-electron chi connectivity index (χ0n) is 18.6. The lowest BCUT2D eigenvalue weighted by molar-refractivity contribution is -0.122. The number of aromatic nitrogens is 1. The van der Waals surface area contributed by atoms with Gasteiger partial charge in [-0.3, -0.25) is 9.78 Å². The minimum absolute atomic E-state index is 0.00788. The molecule has 0 bridgehead atoms. The van der Waals surface area contributed by atoms with E-state index in [1.807, 2.05) is 0 Å². The van der Waals surface area contributed by atoms with E-state index in [0.717, 1.165) is 0 Å². The van der Waals surface area contributed by atoms with Crippen molar-refractivity contribution >= 4 is 26.7 Å². The Hall–Kier alpha value is -3.49. The lowest BCUT2D eigenvalue weighted by Gasteiger charge is -2.39. The highest BCUT2D eigenvalue weighted by Gasteiger charge is 2.42. The van der Waals surface area contributed by atoms with Crippen LogP contribution in [0, 0.1) is 11.6 Å². The first kappa shape index (κ1) is 23.3. The van der Waals surface area contributed by atoms with Crippen LogP contribution >= 0.6 is 0 Å². The highest BCUT2D eigenvalue weighted by atomic mass is 32.2. The molecule has 8 heteroatoms. The van der Waals surface area contributed by atoms with Crippen LogP contribution in [0.15, 0.2) is 90.0 Å². The molecule has 0 N–H and O–H groups in total. The summed E-state index contributed by atoms with van der Waals surface area (Å²) in [4.78, 5) is 17.0. The molecule has 1 unspecified atom stereocenters. The molecule has 2 heterocycles. The second-order valence-corrected chi connectivity index (χ2v) is 10.4. The molecular weight excluding hydrogens is 470 g/mol. The van der Waals surface area contributed by atoms with E-state index in [4.69, 9.17) is 0 Å². The van der Waals surface area contributed by atoms with Crippen molar-refractivity contribution in [2.75, 3.05) is 6.54 Å². The van der Waals surface area contributed by atoms with Gasteiger partial charge in [-0.05, 0) is 47.5 Å². The van der Waals surface area contributed by atoms with E-state index in [2.05, 4.69) is 4.98 Å². The van der Waals surface area contributed by atoms with E-state index in [0.29, 0.717) is 22.0 Å². The minimum atomic E-state index is -4.07. The molecule has 0 aliphatic carbocycles. The van der Waals surface area contributed by atoms with Gasteiger partial charge in [0, 0.05) is 42.9 Å². The summed E-state index contributed by atoms with van der Waals surface area (Å²) in [5.41, 5.74) is 1.62. The number of rotatable bonds is 5. The predicted octanol–water partition coefficient (Wildman–Crippen LogP) is 5.07. The van der Waals surface area contributed by atoms with Crippen LogP contribution < -0.4 is 0 Å². The van der Waals surface area contributed by atoms with Crippen molar-refractivity contribution in [3.05, 3.63) is 108 Å². The Morgan fingerprint density at radius 1 is 0.857 bits per heavy atom. The first-order valence-electron chi connectivity index (χ1n) is 11.2. The molecule has 5 rings (SSSR count). The number of pyridine rings is 1. The third-order valence-electron chi connectivity index (χ3n) is 6.44. The number of piperidine rings is 1. The molecule has 1 fully saturated rings. The normalized spacial score (nSPS) is 17.2. The van der Waals surface area contributed by atoms with Gasteiger partial charge in [0.25, 0.3) is 0 Å². The Balaban J connectivity index is 1.67. The highest BCUT2D eigenvalue weighted by Crippen LogP contribution is 2.38. The Morgan fingerprint density at radius 3 is 2.09 bits per heavy atom. The summed E-state index contributed by atoms with van der Waals surface area (Å²) >= 11 is 0. The fourth-order valence-corrected chi connectivity index (χ4v) is 6.61. The first-order chi connectivity index (χ1) is 16.8. The minimum Gasteiger partial charge on any atom is -0.300 e. The lowest BCUT2D eigenvalue weighted by atomic mass is 9.81. The van der Waals surface area contributed by atoms with E-state index >= 15 is 0 Å². The highest BCUT2D eigenvalue weighted by molar-refractivity contribution is 7.89. The van der Waals surface area contributed by atoms with Crippen LogP contribution in [-0.4, -0.2) is 36.1 Å². The first-order valence-corrected chi connectivity index (χ1v) is 12.7. The number of nitrogens with zero attached hydrogens (tertiary/aromatic N) is 2. The second kappa shape index (κ2) is 9.28. The third-order valence-corrected chi connectivity index (χ3v) is 8.40. The van der Waals surface area contributed by atoms with Crippen LogP contribution in [0.3, 0.4) is 0 Å². The van der Waals surface area contributed by atoms with Gasteiger partial charge in [0.2, 0.25) is 10.0 Å². The van der Waals surface area contributed by atoms with Gasteiger partial charge in [-0.15, -0.1) is 0 Å². The third kappa shape index (κ3) is 4.47. The number of ketones is 1. The van der Waals surface area contributed by atoms with Gasteiger partial charge in [0.1, 0.15) is 22.3 Å². The molecule has 0 amide bonds. The summed E-state index contributed by atoms with van der Waals surface area (Å²) < 4.78 is 56.9. The molecular formula is C27H22F2N2O3S. The summed E-state index contributed by atoms with van der Waals surface area (Å²) in [5, 5.41) is 0.687. The van der Waals surface area contributed by atoms with E-state index in [9.17, 15) is 22.0 Å². The van der Waals surface area contributed by atoms with Crippen molar-refractivity contribution in [3.8, 4) is 0 Å². The molecule has 1 aromatic heterocycles. The van der Waals surface area contributed by atoms with Gasteiger partial charge < -0.3 is 0 Å². The number of fused-ring (bicyclic) bond motifs is 1. The fourth-order valence-electron chi connectivity index (χ4n) is 4.81. The number of para-hydroxylation sites is 1. The predicted molar refractivity (Wildman–Crippen MR) is 128 cm³/mol. The number of sulfonamides is 1. The van der Waals surface area contributed by atoms with E-state index in [1.54, 1.807) is 54.7 Å². The number of halogens is 2. The summed E-state index contributed by atoms with van der Waals surface area (Å²) in [6, 6.07) is 19.2. The zero-order valence-corrected chi connectivity index (χ0v) is 19.5. The smallest absolute Gasteiger partial charge is 0.245 e. The van der Waals surface area contributed by atoms with Gasteiger partial charge in [-0.1, -0.05) is 42.5 Å². The molecule has 178 valence electrons. The monoisotopic (exact) mass is 492 g/mol. The summed E-state index contributed by atoms with van der Waals surface area (Å²) in [5.74, 6) is -1.54. The molecule has 1 aliphatic rings. The maximum absolute atomic E-state index is 14.0. The van der Waals surface area contributed by atoms with Crippen molar-refractivity contribution in [3.63, 3.8) is 0 Å². The Kier molecular flexibility index (Phi) is 6.17. The van der Waals surface area contributed by atoms with E-state index in [-0.39, 0.29) is 30.1 Å². The van der Waals surface area contributed by atoms with E-state index in [1.165, 1.54) is 34.6 Å². The SMILES string of the molecule is O=C1CCN(S(=O)(=O)c2cccc3cccnc23)C(C(c2ccc(F)cc2)c2ccc(F)cc2)C1. The average molecular weight is 493 g/mol. The number of Topliss-reactive ketones (excluding diaryl/α,β-unsaturated/α-hetero) is 1. The number of benzene rings is 3. The Bertz CT molecular complexity index is 1440. The molecule has 4 aromatic rings. The van der Waals surface area contributed by atoms with Crippen molar-refractivity contribution in [2.24, 2.45) is 0 Å². The maximum atomic E-state index is 14.0. The molecule has 5 nitrogen and oxygen atoms in total. The second-order valence-electron chi connectivity index (χ2n) is 8.59.